The molecule has 0 N–H and O–H groups in total. The highest BCUT2D eigenvalue weighted by molar-refractivity contribution is 6.14. The topological polar surface area (TPSA) is 17.8 Å². The van der Waals surface area contributed by atoms with Gasteiger partial charge in [0.1, 0.15) is 5.82 Å². The molecule has 1 heterocycles. The van der Waals surface area contributed by atoms with Crippen molar-refractivity contribution in [3.8, 4) is 50.5 Å². The number of fused-ring (bicyclic) bond motifs is 5. The number of nitrogens with zero attached hydrogens (tertiary/aromatic N) is 2. The molecule has 0 aliphatic rings. The lowest BCUT2D eigenvalue weighted by atomic mass is 9.82. The van der Waals surface area contributed by atoms with Crippen molar-refractivity contribution < 1.29 is 0 Å². The molecule has 10 aromatic carbocycles. The molecule has 0 amide bonds. The molecule has 0 aliphatic carbocycles. The maximum absolute atomic E-state index is 5.18. The van der Waals surface area contributed by atoms with Gasteiger partial charge in [0.2, 0.25) is 0 Å². The smallest absolute Gasteiger partial charge is 0.145 e. The number of hydrogen-bond acceptors (Lipinski definition) is 1. The summed E-state index contributed by atoms with van der Waals surface area (Å²) in [5.74, 6) is 0.924. The van der Waals surface area contributed by atoms with Crippen LogP contribution in [0.4, 0.5) is 0 Å². The first-order valence-electron chi connectivity index (χ1n) is 18.9. The van der Waals surface area contributed by atoms with Gasteiger partial charge in [0.05, 0.1) is 11.0 Å². The number of imidazole rings is 1. The van der Waals surface area contributed by atoms with Crippen LogP contribution in [-0.2, 0) is 0 Å². The largest absolute Gasteiger partial charge is 0.292 e. The number of benzene rings is 10. The van der Waals surface area contributed by atoms with Crippen LogP contribution in [0.15, 0.2) is 206 Å². The van der Waals surface area contributed by atoms with Crippen LogP contribution in [0.5, 0.6) is 0 Å². The second kappa shape index (κ2) is 12.7. The third-order valence-corrected chi connectivity index (χ3v) is 11.1. The van der Waals surface area contributed by atoms with E-state index >= 15 is 0 Å². The minimum atomic E-state index is 0.924. The summed E-state index contributed by atoms with van der Waals surface area (Å²) in [5, 5.41) is 9.86. The zero-order valence-corrected chi connectivity index (χ0v) is 30.0. The first kappa shape index (κ1) is 31.3. The highest BCUT2D eigenvalue weighted by atomic mass is 15.1. The van der Waals surface area contributed by atoms with Crippen LogP contribution in [0.3, 0.4) is 0 Å². The van der Waals surface area contributed by atoms with Crippen LogP contribution in [-0.4, -0.2) is 9.55 Å². The maximum atomic E-state index is 5.18. The summed E-state index contributed by atoms with van der Waals surface area (Å²) < 4.78 is 2.27. The van der Waals surface area contributed by atoms with Crippen LogP contribution in [0.25, 0.3) is 105 Å². The van der Waals surface area contributed by atoms with Crippen molar-refractivity contribution in [2.75, 3.05) is 0 Å². The van der Waals surface area contributed by atoms with Crippen LogP contribution in [0, 0.1) is 0 Å². The maximum Gasteiger partial charge on any atom is 0.145 e. The SMILES string of the molecule is c1ccc(-n2c(-c3ccc(-c4c(-c5ccc6ccccc6c5)cc5cc6ccccc6cc5c4-c4ccc5ccccc5c4)cc3)nc3ccccc32)cc1. The zero-order valence-electron chi connectivity index (χ0n) is 30.0. The van der Waals surface area contributed by atoms with E-state index in [9.17, 15) is 0 Å². The Morgan fingerprint density at radius 3 is 1.56 bits per heavy atom. The van der Waals surface area contributed by atoms with Crippen LogP contribution < -0.4 is 0 Å². The van der Waals surface area contributed by atoms with Crippen LogP contribution in [0.2, 0.25) is 0 Å². The summed E-state index contributed by atoms with van der Waals surface area (Å²) in [6.45, 7) is 0. The molecule has 256 valence electrons. The lowest BCUT2D eigenvalue weighted by Gasteiger charge is -2.21. The summed E-state index contributed by atoms with van der Waals surface area (Å²) in [5.41, 5.74) is 11.4. The van der Waals surface area contributed by atoms with Gasteiger partial charge in [-0.2, -0.15) is 0 Å². The molecule has 11 aromatic rings. The molecule has 55 heavy (non-hydrogen) atoms. The van der Waals surface area contributed by atoms with Gasteiger partial charge < -0.3 is 0 Å². The van der Waals surface area contributed by atoms with Crippen LogP contribution in [0.1, 0.15) is 0 Å². The zero-order chi connectivity index (χ0) is 36.3. The van der Waals surface area contributed by atoms with Crippen molar-refractivity contribution in [3.63, 3.8) is 0 Å². The molecule has 0 unspecified atom stereocenters. The van der Waals surface area contributed by atoms with Crippen molar-refractivity contribution >= 4 is 54.1 Å². The molecule has 0 spiro atoms. The van der Waals surface area contributed by atoms with Gasteiger partial charge in [-0.15, -0.1) is 0 Å². The molecular weight excluding hydrogens is 665 g/mol. The van der Waals surface area contributed by atoms with Gasteiger partial charge in [0, 0.05) is 11.3 Å². The highest BCUT2D eigenvalue weighted by Crippen LogP contribution is 2.47. The second-order valence-corrected chi connectivity index (χ2v) is 14.4. The standard InChI is InChI=1S/C53H34N2/c1-2-18-46(19-3-1)55-50-21-11-10-20-49(50)54-53(55)38-26-24-37(25-27-38)51-47(43-28-22-35-12-4-6-14-39(35)30-43)34-45-32-41-16-8-9-17-42(41)33-48(45)52(51)44-29-23-36-13-5-7-15-40(36)31-44/h1-34H. The van der Waals surface area contributed by atoms with Gasteiger partial charge in [-0.1, -0.05) is 152 Å². The molecule has 0 bridgehead atoms. The fourth-order valence-electron chi connectivity index (χ4n) is 8.46. The van der Waals surface area contributed by atoms with E-state index in [0.717, 1.165) is 33.7 Å². The van der Waals surface area contributed by atoms with E-state index in [2.05, 4.69) is 211 Å². The molecule has 1 aromatic heterocycles. The van der Waals surface area contributed by atoms with Crippen LogP contribution >= 0.6 is 0 Å². The fraction of sp³-hybridized carbons (Fsp3) is 0. The van der Waals surface area contributed by atoms with E-state index in [-0.39, 0.29) is 0 Å². The number of para-hydroxylation sites is 3. The minimum Gasteiger partial charge on any atom is -0.292 e. The molecule has 0 fully saturated rings. The second-order valence-electron chi connectivity index (χ2n) is 14.4. The summed E-state index contributed by atoms with van der Waals surface area (Å²) in [6.07, 6.45) is 0. The highest BCUT2D eigenvalue weighted by Gasteiger charge is 2.21. The van der Waals surface area contributed by atoms with Crippen molar-refractivity contribution in [1.82, 2.24) is 9.55 Å². The first-order chi connectivity index (χ1) is 27.2. The average molecular weight is 699 g/mol. The molecule has 0 saturated carbocycles. The molecule has 2 heteroatoms. The average Bonchev–Trinajstić information content (AvgIpc) is 3.65. The Kier molecular flexibility index (Phi) is 7.21. The molecule has 0 atom stereocenters. The van der Waals surface area contributed by atoms with E-state index in [1.807, 2.05) is 0 Å². The van der Waals surface area contributed by atoms with Gasteiger partial charge in [0.15, 0.2) is 0 Å². The molecule has 0 aliphatic heterocycles. The number of rotatable bonds is 5. The molecule has 0 radical (unpaired) electrons. The molecule has 2 nitrogen and oxygen atoms in total. The van der Waals surface area contributed by atoms with Crippen molar-refractivity contribution in [2.45, 2.75) is 0 Å². The van der Waals surface area contributed by atoms with Gasteiger partial charge in [0.25, 0.3) is 0 Å². The van der Waals surface area contributed by atoms with Gasteiger partial charge in [-0.25, -0.2) is 4.98 Å². The molecule has 0 saturated heterocycles. The predicted octanol–water partition coefficient (Wildman–Crippen LogP) is 14.3. The molecular formula is C53H34N2. The Balaban J connectivity index is 1.21. The Bertz CT molecular complexity index is 3240. The Labute approximate surface area is 319 Å². The monoisotopic (exact) mass is 698 g/mol. The third-order valence-electron chi connectivity index (χ3n) is 11.1. The molecule has 11 rings (SSSR count). The van der Waals surface area contributed by atoms with E-state index in [4.69, 9.17) is 4.98 Å². The van der Waals surface area contributed by atoms with E-state index in [1.165, 1.54) is 70.9 Å². The van der Waals surface area contributed by atoms with Crippen molar-refractivity contribution in [1.29, 1.82) is 0 Å². The van der Waals surface area contributed by atoms with E-state index < -0.39 is 0 Å². The normalized spacial score (nSPS) is 11.6. The number of aromatic nitrogens is 2. The summed E-state index contributed by atoms with van der Waals surface area (Å²) >= 11 is 0. The third kappa shape index (κ3) is 5.30. The van der Waals surface area contributed by atoms with E-state index in [0.29, 0.717) is 0 Å². The minimum absolute atomic E-state index is 0.924. The fourth-order valence-corrected chi connectivity index (χ4v) is 8.46. The number of hydrogen-bond donors (Lipinski definition) is 0. The summed E-state index contributed by atoms with van der Waals surface area (Å²) in [4.78, 5) is 5.18. The van der Waals surface area contributed by atoms with Crippen molar-refractivity contribution in [2.24, 2.45) is 0 Å². The van der Waals surface area contributed by atoms with E-state index in [1.54, 1.807) is 0 Å². The lowest BCUT2D eigenvalue weighted by molar-refractivity contribution is 1.10. The predicted molar refractivity (Wildman–Crippen MR) is 233 cm³/mol. The van der Waals surface area contributed by atoms with Gasteiger partial charge in [-0.3, -0.25) is 4.57 Å². The van der Waals surface area contributed by atoms with Crippen molar-refractivity contribution in [3.05, 3.63) is 206 Å². The van der Waals surface area contributed by atoms with Gasteiger partial charge >= 0.3 is 0 Å². The Morgan fingerprint density at radius 1 is 0.327 bits per heavy atom. The first-order valence-corrected chi connectivity index (χ1v) is 18.9. The summed E-state index contributed by atoms with van der Waals surface area (Å²) in [6, 6.07) is 75.0. The van der Waals surface area contributed by atoms with Gasteiger partial charge in [-0.05, 0) is 131 Å². The summed E-state index contributed by atoms with van der Waals surface area (Å²) in [7, 11) is 0. The quantitative estimate of drug-likeness (QED) is 0.164. The Hall–Kier alpha value is -7.29. The Morgan fingerprint density at radius 2 is 0.855 bits per heavy atom. The lowest BCUT2D eigenvalue weighted by Crippen LogP contribution is -1.97.